The van der Waals surface area contributed by atoms with E-state index in [-0.39, 0.29) is 17.0 Å². The molecule has 0 aliphatic heterocycles. The maximum Gasteiger partial charge on any atom is 0.142 e. The molecule has 0 amide bonds. The van der Waals surface area contributed by atoms with E-state index in [4.69, 9.17) is 11.6 Å². The fourth-order valence-corrected chi connectivity index (χ4v) is 2.46. The average Bonchev–Trinajstić information content (AvgIpc) is 2.32. The Kier molecular flexibility index (Phi) is 4.41. The zero-order chi connectivity index (χ0) is 14.9. The molecule has 0 aromatic heterocycles. The maximum atomic E-state index is 13.7. The molecule has 0 heterocycles. The molecular formula is C16H15ClF2O. The van der Waals surface area contributed by atoms with E-state index in [0.29, 0.717) is 0 Å². The van der Waals surface area contributed by atoms with Crippen molar-refractivity contribution < 1.29 is 13.9 Å². The minimum atomic E-state index is -1.11. The number of aliphatic hydroxyl groups excluding tert-OH is 1. The highest BCUT2D eigenvalue weighted by molar-refractivity contribution is 6.30. The third-order valence-electron chi connectivity index (χ3n) is 3.11. The van der Waals surface area contributed by atoms with Crippen LogP contribution in [-0.4, -0.2) is 5.11 Å². The van der Waals surface area contributed by atoms with Crippen LogP contribution in [0.5, 0.6) is 0 Å². The lowest BCUT2D eigenvalue weighted by Crippen LogP contribution is -2.06. The topological polar surface area (TPSA) is 20.2 Å². The van der Waals surface area contributed by atoms with Crippen molar-refractivity contribution in [3.63, 3.8) is 0 Å². The molecular weight excluding hydrogens is 282 g/mol. The lowest BCUT2D eigenvalue weighted by atomic mass is 9.98. The first-order valence-corrected chi connectivity index (χ1v) is 6.64. The Bertz CT molecular complexity index is 620. The Morgan fingerprint density at radius 1 is 1.00 bits per heavy atom. The number of halogens is 3. The predicted octanol–water partition coefficient (Wildman–Crippen LogP) is 4.51. The van der Waals surface area contributed by atoms with Crippen LogP contribution in [0.1, 0.15) is 28.4 Å². The Labute approximate surface area is 121 Å². The van der Waals surface area contributed by atoms with E-state index in [1.807, 2.05) is 32.0 Å². The summed E-state index contributed by atoms with van der Waals surface area (Å²) in [4.78, 5) is 0. The highest BCUT2D eigenvalue weighted by Crippen LogP contribution is 2.26. The molecule has 0 aliphatic rings. The molecule has 1 N–H and O–H groups in total. The van der Waals surface area contributed by atoms with Crippen LogP contribution in [0.15, 0.2) is 30.3 Å². The Balaban J connectivity index is 2.28. The number of hydrogen-bond acceptors (Lipinski definition) is 1. The molecule has 20 heavy (non-hydrogen) atoms. The quantitative estimate of drug-likeness (QED) is 0.826. The summed E-state index contributed by atoms with van der Waals surface area (Å²) >= 11 is 5.50. The fraction of sp³-hybridized carbons (Fsp3) is 0.250. The first-order chi connectivity index (χ1) is 9.36. The minimum Gasteiger partial charge on any atom is -0.388 e. The Hall–Kier alpha value is -1.45. The molecule has 1 atom stereocenters. The van der Waals surface area contributed by atoms with Gasteiger partial charge in [-0.15, -0.1) is 0 Å². The molecule has 0 saturated heterocycles. The third-order valence-corrected chi connectivity index (χ3v) is 3.40. The molecule has 0 bridgehead atoms. The molecule has 2 rings (SSSR count). The molecule has 1 nitrogen and oxygen atoms in total. The fourth-order valence-electron chi connectivity index (χ4n) is 2.31. The van der Waals surface area contributed by atoms with E-state index >= 15 is 0 Å². The van der Waals surface area contributed by atoms with Gasteiger partial charge in [0.05, 0.1) is 11.1 Å². The van der Waals surface area contributed by atoms with Gasteiger partial charge in [-0.2, -0.15) is 0 Å². The van der Waals surface area contributed by atoms with Gasteiger partial charge in [-0.05, 0) is 31.5 Å². The second-order valence-corrected chi connectivity index (χ2v) is 5.41. The third kappa shape index (κ3) is 3.35. The van der Waals surface area contributed by atoms with E-state index in [1.165, 1.54) is 0 Å². The van der Waals surface area contributed by atoms with Crippen LogP contribution in [0, 0.1) is 25.5 Å². The van der Waals surface area contributed by atoms with E-state index in [0.717, 1.165) is 28.8 Å². The molecule has 0 radical (unpaired) electrons. The summed E-state index contributed by atoms with van der Waals surface area (Å²) < 4.78 is 27.1. The molecule has 2 aromatic carbocycles. The summed E-state index contributed by atoms with van der Waals surface area (Å²) in [5, 5.41) is 9.81. The molecule has 4 heteroatoms. The summed E-state index contributed by atoms with van der Waals surface area (Å²) in [6.45, 7) is 3.90. The van der Waals surface area contributed by atoms with Gasteiger partial charge >= 0.3 is 0 Å². The van der Waals surface area contributed by atoms with Crippen molar-refractivity contribution >= 4 is 11.6 Å². The summed E-state index contributed by atoms with van der Waals surface area (Å²) in [6.07, 6.45) is -0.886. The van der Waals surface area contributed by atoms with Crippen LogP contribution in [0.2, 0.25) is 5.02 Å². The van der Waals surface area contributed by atoms with Crippen LogP contribution < -0.4 is 0 Å². The van der Waals surface area contributed by atoms with Gasteiger partial charge in [0.25, 0.3) is 0 Å². The number of benzene rings is 2. The van der Waals surface area contributed by atoms with Gasteiger partial charge in [-0.25, -0.2) is 8.78 Å². The van der Waals surface area contributed by atoms with Crippen molar-refractivity contribution in [2.75, 3.05) is 0 Å². The molecule has 0 aliphatic carbocycles. The first-order valence-electron chi connectivity index (χ1n) is 6.26. The van der Waals surface area contributed by atoms with Gasteiger partial charge in [0, 0.05) is 12.0 Å². The minimum absolute atomic E-state index is 0.0777. The number of aliphatic hydroxyl groups is 1. The van der Waals surface area contributed by atoms with E-state index < -0.39 is 17.7 Å². The molecule has 0 saturated carbocycles. The Morgan fingerprint density at radius 2 is 1.60 bits per heavy atom. The zero-order valence-electron chi connectivity index (χ0n) is 11.3. The number of hydrogen-bond donors (Lipinski definition) is 1. The van der Waals surface area contributed by atoms with Gasteiger partial charge < -0.3 is 5.11 Å². The molecule has 1 unspecified atom stereocenters. The summed E-state index contributed by atoms with van der Waals surface area (Å²) in [6, 6.07) is 7.68. The van der Waals surface area contributed by atoms with E-state index in [9.17, 15) is 13.9 Å². The molecule has 0 fully saturated rings. The summed E-state index contributed by atoms with van der Waals surface area (Å²) in [5.41, 5.74) is 2.93. The van der Waals surface area contributed by atoms with Crippen LogP contribution >= 0.6 is 11.6 Å². The largest absolute Gasteiger partial charge is 0.388 e. The second kappa shape index (κ2) is 5.90. The van der Waals surface area contributed by atoms with Crippen molar-refractivity contribution in [2.24, 2.45) is 0 Å². The monoisotopic (exact) mass is 296 g/mol. The lowest BCUT2D eigenvalue weighted by molar-refractivity contribution is 0.173. The van der Waals surface area contributed by atoms with E-state index in [2.05, 4.69) is 0 Å². The Morgan fingerprint density at radius 3 is 2.20 bits per heavy atom. The number of aryl methyl sites for hydroxylation is 2. The SMILES string of the molecule is Cc1cc(C)cc(CC(O)c2cc(F)c(Cl)cc2F)c1. The molecule has 106 valence electrons. The highest BCUT2D eigenvalue weighted by Gasteiger charge is 2.17. The van der Waals surface area contributed by atoms with Gasteiger partial charge in [-0.3, -0.25) is 0 Å². The lowest BCUT2D eigenvalue weighted by Gasteiger charge is -2.14. The maximum absolute atomic E-state index is 13.7. The summed E-state index contributed by atoms with van der Waals surface area (Å²) in [5.74, 6) is -1.43. The molecule has 2 aromatic rings. The summed E-state index contributed by atoms with van der Waals surface area (Å²) in [7, 11) is 0. The van der Waals surface area contributed by atoms with Crippen molar-refractivity contribution in [2.45, 2.75) is 26.4 Å². The second-order valence-electron chi connectivity index (χ2n) is 5.00. The van der Waals surface area contributed by atoms with Crippen LogP contribution in [0.3, 0.4) is 0 Å². The smallest absolute Gasteiger partial charge is 0.142 e. The van der Waals surface area contributed by atoms with Crippen LogP contribution in [0.4, 0.5) is 8.78 Å². The van der Waals surface area contributed by atoms with Crippen molar-refractivity contribution in [1.29, 1.82) is 0 Å². The first kappa shape index (κ1) is 14.9. The van der Waals surface area contributed by atoms with Gasteiger partial charge in [0.1, 0.15) is 11.6 Å². The predicted molar refractivity (Wildman–Crippen MR) is 75.9 cm³/mol. The zero-order valence-corrected chi connectivity index (χ0v) is 12.0. The standard InChI is InChI=1S/C16H15ClF2O/c1-9-3-10(2)5-11(4-9)6-16(20)12-7-15(19)13(17)8-14(12)18/h3-5,7-8,16,20H,6H2,1-2H3. The average molecular weight is 297 g/mol. The van der Waals surface area contributed by atoms with E-state index in [1.54, 1.807) is 0 Å². The number of rotatable bonds is 3. The van der Waals surface area contributed by atoms with Crippen LogP contribution in [-0.2, 0) is 6.42 Å². The van der Waals surface area contributed by atoms with Gasteiger partial charge in [0.2, 0.25) is 0 Å². The van der Waals surface area contributed by atoms with Crippen molar-refractivity contribution in [1.82, 2.24) is 0 Å². The molecule has 0 spiro atoms. The van der Waals surface area contributed by atoms with Gasteiger partial charge in [0.15, 0.2) is 0 Å². The normalized spacial score (nSPS) is 12.5. The van der Waals surface area contributed by atoms with Crippen LogP contribution in [0.25, 0.3) is 0 Å². The van der Waals surface area contributed by atoms with Crippen molar-refractivity contribution in [3.05, 3.63) is 69.2 Å². The van der Waals surface area contributed by atoms with Gasteiger partial charge in [-0.1, -0.05) is 40.9 Å². The van der Waals surface area contributed by atoms with Crippen molar-refractivity contribution in [3.8, 4) is 0 Å². The highest BCUT2D eigenvalue weighted by atomic mass is 35.5.